The van der Waals surface area contributed by atoms with Gasteiger partial charge in [-0.2, -0.15) is 9.29 Å². The van der Waals surface area contributed by atoms with E-state index < -0.39 is 10.0 Å². The van der Waals surface area contributed by atoms with Crippen molar-refractivity contribution in [3.63, 3.8) is 0 Å². The number of hydrogen-bond acceptors (Lipinski definition) is 7. The topological polar surface area (TPSA) is 94.8 Å². The summed E-state index contributed by atoms with van der Waals surface area (Å²) in [4.78, 5) is 4.56. The first-order valence-corrected chi connectivity index (χ1v) is 10.3. The molecule has 1 heterocycles. The minimum Gasteiger partial charge on any atom is -0.497 e. The highest BCUT2D eigenvalue weighted by atomic mass is 32.2. The normalized spacial score (nSPS) is 11.7. The molecule has 0 saturated heterocycles. The van der Waals surface area contributed by atoms with Gasteiger partial charge in [-0.15, -0.1) is 0 Å². The molecule has 0 N–H and O–H groups in total. The molecule has 9 heteroatoms. The second-order valence-corrected chi connectivity index (χ2v) is 8.58. The van der Waals surface area contributed by atoms with Crippen LogP contribution in [0.3, 0.4) is 0 Å². The monoisotopic (exact) mass is 417 g/mol. The van der Waals surface area contributed by atoms with Crippen LogP contribution in [0.1, 0.15) is 17.0 Å². The van der Waals surface area contributed by atoms with Crippen LogP contribution < -0.4 is 9.47 Å². The molecule has 29 heavy (non-hydrogen) atoms. The van der Waals surface area contributed by atoms with Gasteiger partial charge in [-0.3, -0.25) is 0 Å². The minimum absolute atomic E-state index is 0.0514. The maximum Gasteiger partial charge on any atom is 0.243 e. The van der Waals surface area contributed by atoms with Crippen LogP contribution in [0, 0.1) is 13.8 Å². The fourth-order valence-electron chi connectivity index (χ4n) is 3.07. The number of sulfonamides is 1. The lowest BCUT2D eigenvalue weighted by Gasteiger charge is -2.19. The van der Waals surface area contributed by atoms with Crippen LogP contribution in [0.25, 0.3) is 11.4 Å². The Bertz CT molecular complexity index is 1100. The van der Waals surface area contributed by atoms with Crippen LogP contribution in [0.2, 0.25) is 0 Å². The van der Waals surface area contributed by atoms with Gasteiger partial charge in [0.2, 0.25) is 21.7 Å². The molecule has 0 bridgehead atoms. The van der Waals surface area contributed by atoms with E-state index in [1.54, 1.807) is 46.3 Å². The summed E-state index contributed by atoms with van der Waals surface area (Å²) in [6, 6.07) is 10.6. The molecule has 0 aliphatic rings. The number of rotatable bonds is 7. The third-order valence-electron chi connectivity index (χ3n) is 4.49. The lowest BCUT2D eigenvalue weighted by Crippen LogP contribution is -2.28. The van der Waals surface area contributed by atoms with Gasteiger partial charge in [0.25, 0.3) is 0 Å². The van der Waals surface area contributed by atoms with Crippen LogP contribution in [0.4, 0.5) is 0 Å². The summed E-state index contributed by atoms with van der Waals surface area (Å²) in [5.41, 5.74) is 1.93. The second-order valence-electron chi connectivity index (χ2n) is 6.60. The SMILES string of the molecule is COc1cccc(-c2noc(CN(C)S(=O)(=O)c3c(C)cc(OC)cc3C)n2)c1. The molecule has 0 atom stereocenters. The van der Waals surface area contributed by atoms with Gasteiger partial charge < -0.3 is 14.0 Å². The van der Waals surface area contributed by atoms with Crippen molar-refractivity contribution in [3.05, 3.63) is 53.4 Å². The Morgan fingerprint density at radius 3 is 2.31 bits per heavy atom. The van der Waals surface area contributed by atoms with Gasteiger partial charge >= 0.3 is 0 Å². The van der Waals surface area contributed by atoms with Crippen LogP contribution in [-0.4, -0.2) is 44.1 Å². The maximum atomic E-state index is 13.1. The van der Waals surface area contributed by atoms with E-state index >= 15 is 0 Å². The van der Waals surface area contributed by atoms with Gasteiger partial charge in [0.05, 0.1) is 25.7 Å². The quantitative estimate of drug-likeness (QED) is 0.583. The number of methoxy groups -OCH3 is 2. The molecule has 0 saturated carbocycles. The molecule has 1 aromatic heterocycles. The fourth-order valence-corrected chi connectivity index (χ4v) is 4.59. The fraction of sp³-hybridized carbons (Fsp3) is 0.300. The smallest absolute Gasteiger partial charge is 0.243 e. The Labute approximate surface area is 170 Å². The van der Waals surface area contributed by atoms with Gasteiger partial charge in [-0.05, 0) is 49.2 Å². The molecule has 0 unspecified atom stereocenters. The summed E-state index contributed by atoms with van der Waals surface area (Å²) in [5.74, 6) is 1.83. The molecule has 2 aromatic carbocycles. The highest BCUT2D eigenvalue weighted by Crippen LogP contribution is 2.28. The third-order valence-corrected chi connectivity index (χ3v) is 6.60. The number of aromatic nitrogens is 2. The second kappa shape index (κ2) is 8.22. The molecule has 0 fully saturated rings. The van der Waals surface area contributed by atoms with Crippen LogP contribution in [0.15, 0.2) is 45.8 Å². The van der Waals surface area contributed by atoms with Crippen LogP contribution in [-0.2, 0) is 16.6 Å². The number of hydrogen-bond donors (Lipinski definition) is 0. The van der Waals surface area contributed by atoms with E-state index in [9.17, 15) is 8.42 Å². The number of ether oxygens (including phenoxy) is 2. The zero-order chi connectivity index (χ0) is 21.2. The highest BCUT2D eigenvalue weighted by molar-refractivity contribution is 7.89. The first kappa shape index (κ1) is 20.8. The lowest BCUT2D eigenvalue weighted by atomic mass is 10.1. The summed E-state index contributed by atoms with van der Waals surface area (Å²) in [5, 5.41) is 3.95. The van der Waals surface area contributed by atoms with Crippen molar-refractivity contribution in [1.29, 1.82) is 0 Å². The van der Waals surface area contributed by atoms with Crippen molar-refractivity contribution < 1.29 is 22.4 Å². The van der Waals surface area contributed by atoms with E-state index in [0.717, 1.165) is 0 Å². The third kappa shape index (κ3) is 4.25. The zero-order valence-electron chi connectivity index (χ0n) is 17.0. The number of nitrogens with zero attached hydrogens (tertiary/aromatic N) is 3. The van der Waals surface area contributed by atoms with Crippen LogP contribution in [0.5, 0.6) is 11.5 Å². The highest BCUT2D eigenvalue weighted by Gasteiger charge is 2.27. The predicted molar refractivity (Wildman–Crippen MR) is 107 cm³/mol. The van der Waals surface area contributed by atoms with Crippen molar-refractivity contribution >= 4 is 10.0 Å². The van der Waals surface area contributed by atoms with E-state index in [1.165, 1.54) is 11.4 Å². The van der Waals surface area contributed by atoms with Crippen molar-refractivity contribution in [2.45, 2.75) is 25.3 Å². The summed E-state index contributed by atoms with van der Waals surface area (Å²) < 4.78 is 43.1. The standard InChI is InChI=1S/C20H23N3O5S/c1-13-9-17(27-5)10-14(2)19(13)29(24,25)23(3)12-18-21-20(22-28-18)15-7-6-8-16(11-15)26-4/h6-11H,12H2,1-5H3. The Balaban J connectivity index is 1.85. The van der Waals surface area contributed by atoms with Crippen molar-refractivity contribution in [1.82, 2.24) is 14.4 Å². The molecule has 154 valence electrons. The molecular formula is C20H23N3O5S. The Morgan fingerprint density at radius 1 is 1.03 bits per heavy atom. The van der Waals surface area contributed by atoms with Gasteiger partial charge in [-0.25, -0.2) is 8.42 Å². The molecule has 0 spiro atoms. The molecule has 3 aromatic rings. The summed E-state index contributed by atoms with van der Waals surface area (Å²) in [6.45, 7) is 3.43. The number of aryl methyl sites for hydroxylation is 2. The first-order valence-electron chi connectivity index (χ1n) is 8.85. The molecule has 0 radical (unpaired) electrons. The van der Waals surface area contributed by atoms with Crippen molar-refractivity contribution in [2.75, 3.05) is 21.3 Å². The molecule has 0 aliphatic carbocycles. The van der Waals surface area contributed by atoms with Gasteiger partial charge in [-0.1, -0.05) is 17.3 Å². The van der Waals surface area contributed by atoms with Crippen molar-refractivity contribution in [3.8, 4) is 22.9 Å². The minimum atomic E-state index is -3.76. The number of benzene rings is 2. The Hall–Kier alpha value is -2.91. The molecule has 3 rings (SSSR count). The first-order chi connectivity index (χ1) is 13.8. The van der Waals surface area contributed by atoms with Gasteiger partial charge in [0.1, 0.15) is 11.5 Å². The Kier molecular flexibility index (Phi) is 5.90. The summed E-state index contributed by atoms with van der Waals surface area (Å²) in [7, 11) is 0.839. The Morgan fingerprint density at radius 2 is 1.69 bits per heavy atom. The van der Waals surface area contributed by atoms with Gasteiger partial charge in [0.15, 0.2) is 0 Å². The van der Waals surface area contributed by atoms with Crippen LogP contribution >= 0.6 is 0 Å². The molecule has 0 aliphatic heterocycles. The largest absolute Gasteiger partial charge is 0.497 e. The van der Waals surface area contributed by atoms with E-state index in [0.29, 0.717) is 34.0 Å². The van der Waals surface area contributed by atoms with Crippen molar-refractivity contribution in [2.24, 2.45) is 0 Å². The lowest BCUT2D eigenvalue weighted by molar-refractivity contribution is 0.336. The van der Waals surface area contributed by atoms with E-state index in [-0.39, 0.29) is 17.3 Å². The average molecular weight is 417 g/mol. The summed E-state index contributed by atoms with van der Waals surface area (Å²) >= 11 is 0. The van der Waals surface area contributed by atoms with E-state index in [2.05, 4.69) is 10.1 Å². The molecule has 0 amide bonds. The molecular weight excluding hydrogens is 394 g/mol. The average Bonchev–Trinajstić information content (AvgIpc) is 3.15. The van der Waals surface area contributed by atoms with Gasteiger partial charge in [0, 0.05) is 12.6 Å². The molecule has 8 nitrogen and oxygen atoms in total. The zero-order valence-corrected chi connectivity index (χ0v) is 17.8. The summed E-state index contributed by atoms with van der Waals surface area (Å²) in [6.07, 6.45) is 0. The van der Waals surface area contributed by atoms with E-state index in [4.69, 9.17) is 14.0 Å². The maximum absolute atomic E-state index is 13.1. The van der Waals surface area contributed by atoms with E-state index in [1.807, 2.05) is 18.2 Å². The predicted octanol–water partition coefficient (Wildman–Crippen LogP) is 3.19.